The lowest BCUT2D eigenvalue weighted by molar-refractivity contribution is -0.121. The van der Waals surface area contributed by atoms with Crippen molar-refractivity contribution in [2.24, 2.45) is 5.92 Å². The Morgan fingerprint density at radius 2 is 1.85 bits per heavy atom. The summed E-state index contributed by atoms with van der Waals surface area (Å²) in [6.07, 6.45) is 3.92. The molecule has 1 saturated heterocycles. The highest BCUT2D eigenvalue weighted by molar-refractivity contribution is 5.75. The number of nitrogens with zero attached hydrogens (tertiary/aromatic N) is 2. The number of hydrogen-bond acceptors (Lipinski definition) is 3. The van der Waals surface area contributed by atoms with Crippen LogP contribution >= 0.6 is 0 Å². The van der Waals surface area contributed by atoms with E-state index in [2.05, 4.69) is 42.9 Å². The van der Waals surface area contributed by atoms with Crippen LogP contribution in [0.15, 0.2) is 0 Å². The quantitative estimate of drug-likeness (QED) is 0.739. The van der Waals surface area contributed by atoms with Gasteiger partial charge in [0.1, 0.15) is 0 Å². The highest BCUT2D eigenvalue weighted by Gasteiger charge is 2.23. The molecule has 4 nitrogen and oxygen atoms in total. The summed E-state index contributed by atoms with van der Waals surface area (Å²) in [5.74, 6) is 0.891. The maximum Gasteiger partial charge on any atom is 0.220 e. The Balaban J connectivity index is 2.41. The van der Waals surface area contributed by atoms with Crippen molar-refractivity contribution in [3.05, 3.63) is 0 Å². The number of nitrogens with one attached hydrogen (secondary N) is 1. The Morgan fingerprint density at radius 3 is 2.40 bits per heavy atom. The average Bonchev–Trinajstić information content (AvgIpc) is 2.41. The summed E-state index contributed by atoms with van der Waals surface area (Å²) in [4.78, 5) is 16.7. The second-order valence-corrected chi connectivity index (χ2v) is 6.53. The Bertz CT molecular complexity index is 273. The van der Waals surface area contributed by atoms with Crippen molar-refractivity contribution in [1.29, 1.82) is 0 Å². The van der Waals surface area contributed by atoms with Crippen LogP contribution in [0.3, 0.4) is 0 Å². The number of unbranched alkanes of at least 4 members (excludes halogenated alkanes) is 1. The van der Waals surface area contributed by atoms with Crippen LogP contribution in [0.5, 0.6) is 0 Å². The van der Waals surface area contributed by atoms with Crippen LogP contribution in [0, 0.1) is 5.92 Å². The largest absolute Gasteiger partial charge is 0.355 e. The highest BCUT2D eigenvalue weighted by Crippen LogP contribution is 2.13. The summed E-state index contributed by atoms with van der Waals surface area (Å²) in [5.41, 5.74) is 0. The molecule has 0 spiro atoms. The van der Waals surface area contributed by atoms with Crippen LogP contribution < -0.4 is 5.32 Å². The van der Waals surface area contributed by atoms with Gasteiger partial charge in [0.05, 0.1) is 0 Å². The van der Waals surface area contributed by atoms with Crippen molar-refractivity contribution >= 4 is 5.91 Å². The standard InChI is InChI=1S/C16H33N3O/c1-5-6-7-16(20)17-13-15(12-14(2)3)19-10-8-18(4)9-11-19/h14-15H,5-13H2,1-4H3,(H,17,20). The maximum atomic E-state index is 11.8. The predicted octanol–water partition coefficient (Wildman–Crippen LogP) is 1.95. The number of carbonyl (C=O) groups is 1. The third-order valence-corrected chi connectivity index (χ3v) is 4.09. The van der Waals surface area contributed by atoms with E-state index in [0.29, 0.717) is 18.4 Å². The lowest BCUT2D eigenvalue weighted by atomic mass is 10.0. The highest BCUT2D eigenvalue weighted by atomic mass is 16.1. The fraction of sp³-hybridized carbons (Fsp3) is 0.938. The zero-order valence-corrected chi connectivity index (χ0v) is 13.8. The van der Waals surface area contributed by atoms with Gasteiger partial charge in [0.15, 0.2) is 0 Å². The third-order valence-electron chi connectivity index (χ3n) is 4.09. The van der Waals surface area contributed by atoms with E-state index in [-0.39, 0.29) is 5.91 Å². The van der Waals surface area contributed by atoms with Gasteiger partial charge in [-0.15, -0.1) is 0 Å². The van der Waals surface area contributed by atoms with Crippen LogP contribution in [-0.2, 0) is 4.79 Å². The van der Waals surface area contributed by atoms with Gasteiger partial charge in [-0.2, -0.15) is 0 Å². The Morgan fingerprint density at radius 1 is 1.20 bits per heavy atom. The Labute approximate surface area is 124 Å². The van der Waals surface area contributed by atoms with Crippen molar-refractivity contribution < 1.29 is 4.79 Å². The molecular formula is C16H33N3O. The van der Waals surface area contributed by atoms with Crippen LogP contribution in [0.2, 0.25) is 0 Å². The summed E-state index contributed by atoms with van der Waals surface area (Å²) in [6.45, 7) is 12.0. The molecule has 0 aromatic rings. The topological polar surface area (TPSA) is 35.6 Å². The SMILES string of the molecule is CCCCC(=O)NCC(CC(C)C)N1CCN(C)CC1. The van der Waals surface area contributed by atoms with Crippen LogP contribution in [0.4, 0.5) is 0 Å². The van der Waals surface area contributed by atoms with Crippen molar-refractivity contribution in [2.75, 3.05) is 39.8 Å². The molecule has 1 atom stereocenters. The van der Waals surface area contributed by atoms with Gasteiger partial charge in [-0.3, -0.25) is 9.69 Å². The first-order chi connectivity index (χ1) is 9.52. The summed E-state index contributed by atoms with van der Waals surface area (Å²) < 4.78 is 0. The molecule has 1 rings (SSSR count). The van der Waals surface area contributed by atoms with Crippen LogP contribution in [-0.4, -0.2) is 61.5 Å². The van der Waals surface area contributed by atoms with E-state index in [4.69, 9.17) is 0 Å². The van der Waals surface area contributed by atoms with Gasteiger partial charge in [0.25, 0.3) is 0 Å². The molecule has 20 heavy (non-hydrogen) atoms. The van der Waals surface area contributed by atoms with Crippen molar-refractivity contribution in [1.82, 2.24) is 15.1 Å². The van der Waals surface area contributed by atoms with Crippen molar-refractivity contribution in [3.8, 4) is 0 Å². The van der Waals surface area contributed by atoms with Gasteiger partial charge in [0, 0.05) is 45.2 Å². The lowest BCUT2D eigenvalue weighted by Gasteiger charge is -2.38. The minimum atomic E-state index is 0.217. The molecule has 118 valence electrons. The first-order valence-electron chi connectivity index (χ1n) is 8.22. The summed E-state index contributed by atoms with van der Waals surface area (Å²) in [5, 5.41) is 3.14. The molecule has 1 aliphatic heterocycles. The normalized spacial score (nSPS) is 19.2. The Kier molecular flexibility index (Phi) is 8.15. The number of amides is 1. The van der Waals surface area contributed by atoms with E-state index in [0.717, 1.165) is 52.0 Å². The molecule has 0 bridgehead atoms. The van der Waals surface area contributed by atoms with Gasteiger partial charge in [-0.25, -0.2) is 0 Å². The first-order valence-corrected chi connectivity index (χ1v) is 8.22. The molecular weight excluding hydrogens is 250 g/mol. The van der Waals surface area contributed by atoms with Crippen LogP contribution in [0.1, 0.15) is 46.5 Å². The molecule has 1 aliphatic rings. The summed E-state index contributed by atoms with van der Waals surface area (Å²) >= 11 is 0. The zero-order chi connectivity index (χ0) is 15.0. The monoisotopic (exact) mass is 283 g/mol. The van der Waals surface area contributed by atoms with Crippen molar-refractivity contribution in [2.45, 2.75) is 52.5 Å². The molecule has 0 aromatic heterocycles. The van der Waals surface area contributed by atoms with E-state index in [1.807, 2.05) is 0 Å². The van der Waals surface area contributed by atoms with Gasteiger partial charge in [-0.1, -0.05) is 27.2 Å². The summed E-state index contributed by atoms with van der Waals surface area (Å²) in [7, 11) is 2.18. The number of piperazine rings is 1. The van der Waals surface area contributed by atoms with E-state index in [1.165, 1.54) is 0 Å². The number of rotatable bonds is 8. The molecule has 4 heteroatoms. The molecule has 1 heterocycles. The molecule has 0 aliphatic carbocycles. The van der Waals surface area contributed by atoms with Crippen LogP contribution in [0.25, 0.3) is 0 Å². The predicted molar refractivity (Wildman–Crippen MR) is 84.8 cm³/mol. The molecule has 0 aromatic carbocycles. The summed E-state index contributed by atoms with van der Waals surface area (Å²) in [6, 6.07) is 0.495. The van der Waals surface area contributed by atoms with Crippen molar-refractivity contribution in [3.63, 3.8) is 0 Å². The minimum Gasteiger partial charge on any atom is -0.355 e. The zero-order valence-electron chi connectivity index (χ0n) is 13.8. The van der Waals surface area contributed by atoms with Gasteiger partial charge >= 0.3 is 0 Å². The fourth-order valence-corrected chi connectivity index (χ4v) is 2.75. The van der Waals surface area contributed by atoms with E-state index >= 15 is 0 Å². The minimum absolute atomic E-state index is 0.217. The number of carbonyl (C=O) groups excluding carboxylic acids is 1. The smallest absolute Gasteiger partial charge is 0.220 e. The molecule has 1 N–H and O–H groups in total. The lowest BCUT2D eigenvalue weighted by Crippen LogP contribution is -2.52. The van der Waals surface area contributed by atoms with E-state index in [9.17, 15) is 4.79 Å². The van der Waals surface area contributed by atoms with E-state index < -0.39 is 0 Å². The Hall–Kier alpha value is -0.610. The molecule has 0 saturated carbocycles. The number of likely N-dealkylation sites (N-methyl/N-ethyl adjacent to an activating group) is 1. The molecule has 1 unspecified atom stereocenters. The second-order valence-electron chi connectivity index (χ2n) is 6.53. The second kappa shape index (κ2) is 9.35. The van der Waals surface area contributed by atoms with Gasteiger partial charge in [-0.05, 0) is 25.8 Å². The first kappa shape index (κ1) is 17.4. The molecule has 1 fully saturated rings. The average molecular weight is 283 g/mol. The van der Waals surface area contributed by atoms with Gasteiger partial charge < -0.3 is 10.2 Å². The molecule has 1 amide bonds. The molecule has 0 radical (unpaired) electrons. The van der Waals surface area contributed by atoms with E-state index in [1.54, 1.807) is 0 Å². The van der Waals surface area contributed by atoms with Gasteiger partial charge in [0.2, 0.25) is 5.91 Å². The third kappa shape index (κ3) is 6.71. The maximum absolute atomic E-state index is 11.8. The number of hydrogen-bond donors (Lipinski definition) is 1. The fourth-order valence-electron chi connectivity index (χ4n) is 2.75.